The highest BCUT2D eigenvalue weighted by molar-refractivity contribution is 6.03. The summed E-state index contributed by atoms with van der Waals surface area (Å²) in [5.41, 5.74) is 4.69. The first-order valence-corrected chi connectivity index (χ1v) is 9.42. The molecule has 2 amide bonds. The number of allylic oxidation sites excluding steroid dienone is 2. The van der Waals surface area contributed by atoms with Crippen LogP contribution in [0.5, 0.6) is 0 Å². The molecule has 0 radical (unpaired) electrons. The Morgan fingerprint density at radius 3 is 2.10 bits per heavy atom. The van der Waals surface area contributed by atoms with Gasteiger partial charge in [-0.05, 0) is 30.7 Å². The number of amides is 2. The number of rotatable bonds is 6. The minimum atomic E-state index is -0.490. The van der Waals surface area contributed by atoms with E-state index in [9.17, 15) is 9.59 Å². The van der Waals surface area contributed by atoms with E-state index in [1.54, 1.807) is 36.4 Å². The zero-order valence-electron chi connectivity index (χ0n) is 17.3. The van der Waals surface area contributed by atoms with Gasteiger partial charge < -0.3 is 5.32 Å². The van der Waals surface area contributed by atoms with Crippen molar-refractivity contribution < 1.29 is 9.59 Å². The van der Waals surface area contributed by atoms with E-state index < -0.39 is 5.91 Å². The highest BCUT2D eigenvalue weighted by atomic mass is 16.2. The van der Waals surface area contributed by atoms with Crippen LogP contribution in [0.1, 0.15) is 43.6 Å². The second-order valence-corrected chi connectivity index (χ2v) is 7.56. The molecule has 0 saturated carbocycles. The lowest BCUT2D eigenvalue weighted by Crippen LogP contribution is -2.34. The summed E-state index contributed by atoms with van der Waals surface area (Å²) in [6.45, 7) is 7.87. The maximum absolute atomic E-state index is 12.6. The molecular formula is C24H27N3O2. The maximum atomic E-state index is 12.6. The molecule has 0 aliphatic heterocycles. The standard InChI is InChI=1S/C24H27N3O2/c1-18(24(2,3)4)26-27-23(29)21(17-11-14-19-12-7-5-8-13-19)25-22(28)20-15-9-6-10-16-20/h5-17H,1-4H3,(H,25,28)(H,27,29)/b14-11+,21-17-,26-18+. The zero-order chi connectivity index (χ0) is 21.3. The van der Waals surface area contributed by atoms with Crippen LogP contribution in [0.25, 0.3) is 6.08 Å². The van der Waals surface area contributed by atoms with Crippen molar-refractivity contribution in [2.45, 2.75) is 27.7 Å². The lowest BCUT2D eigenvalue weighted by atomic mass is 9.91. The Morgan fingerprint density at radius 2 is 1.52 bits per heavy atom. The summed E-state index contributed by atoms with van der Waals surface area (Å²) < 4.78 is 0. The van der Waals surface area contributed by atoms with Gasteiger partial charge in [0, 0.05) is 16.7 Å². The molecule has 2 rings (SSSR count). The Bertz CT molecular complexity index is 922. The Morgan fingerprint density at radius 1 is 0.931 bits per heavy atom. The summed E-state index contributed by atoms with van der Waals surface area (Å²) in [5.74, 6) is -0.854. The molecule has 0 fully saturated rings. The van der Waals surface area contributed by atoms with Crippen LogP contribution in [0.15, 0.2) is 83.6 Å². The third-order valence-electron chi connectivity index (χ3n) is 4.29. The molecule has 150 valence electrons. The van der Waals surface area contributed by atoms with Crippen LogP contribution in [0.4, 0.5) is 0 Å². The lowest BCUT2D eigenvalue weighted by Gasteiger charge is -2.17. The predicted molar refractivity (Wildman–Crippen MR) is 118 cm³/mol. The van der Waals surface area contributed by atoms with E-state index in [-0.39, 0.29) is 17.0 Å². The number of nitrogens with zero attached hydrogens (tertiary/aromatic N) is 1. The molecule has 0 aliphatic rings. The zero-order valence-corrected chi connectivity index (χ0v) is 17.3. The Kier molecular flexibility index (Phi) is 7.66. The van der Waals surface area contributed by atoms with Crippen molar-refractivity contribution in [1.29, 1.82) is 0 Å². The van der Waals surface area contributed by atoms with Crippen molar-refractivity contribution >= 4 is 23.6 Å². The number of hydrogen-bond acceptors (Lipinski definition) is 3. The van der Waals surface area contributed by atoms with Gasteiger partial charge in [-0.2, -0.15) is 5.10 Å². The van der Waals surface area contributed by atoms with E-state index in [0.717, 1.165) is 11.3 Å². The number of nitrogens with one attached hydrogen (secondary N) is 2. The second-order valence-electron chi connectivity index (χ2n) is 7.56. The van der Waals surface area contributed by atoms with Gasteiger partial charge in [0.1, 0.15) is 5.70 Å². The molecular weight excluding hydrogens is 362 g/mol. The normalized spacial score (nSPS) is 12.7. The van der Waals surface area contributed by atoms with Crippen LogP contribution in [0.2, 0.25) is 0 Å². The quantitative estimate of drug-likeness (QED) is 0.329. The molecule has 0 unspecified atom stereocenters. The van der Waals surface area contributed by atoms with E-state index in [1.807, 2.05) is 70.2 Å². The Hall–Kier alpha value is -3.47. The van der Waals surface area contributed by atoms with Crippen molar-refractivity contribution in [3.8, 4) is 0 Å². The smallest absolute Gasteiger partial charge is 0.287 e. The van der Waals surface area contributed by atoms with Crippen LogP contribution >= 0.6 is 0 Å². The van der Waals surface area contributed by atoms with Gasteiger partial charge in [-0.25, -0.2) is 5.43 Å². The van der Waals surface area contributed by atoms with E-state index in [2.05, 4.69) is 15.8 Å². The third-order valence-corrected chi connectivity index (χ3v) is 4.29. The highest BCUT2D eigenvalue weighted by Crippen LogP contribution is 2.15. The van der Waals surface area contributed by atoms with Gasteiger partial charge in [0.2, 0.25) is 0 Å². The molecule has 2 N–H and O–H groups in total. The summed E-state index contributed by atoms with van der Waals surface area (Å²) in [6, 6.07) is 18.4. The van der Waals surface area contributed by atoms with E-state index in [0.29, 0.717) is 5.56 Å². The van der Waals surface area contributed by atoms with Crippen molar-refractivity contribution in [1.82, 2.24) is 10.7 Å². The largest absolute Gasteiger partial charge is 0.317 e. The fraction of sp³-hybridized carbons (Fsp3) is 0.208. The third kappa shape index (κ3) is 7.22. The number of carbonyl (C=O) groups excluding carboxylic acids is 2. The first-order chi connectivity index (χ1) is 13.8. The van der Waals surface area contributed by atoms with Crippen LogP contribution in [0, 0.1) is 5.41 Å². The van der Waals surface area contributed by atoms with Gasteiger partial charge in [0.25, 0.3) is 11.8 Å². The van der Waals surface area contributed by atoms with Gasteiger partial charge in [-0.1, -0.05) is 81.5 Å². The summed E-state index contributed by atoms with van der Waals surface area (Å²) in [4.78, 5) is 25.1. The van der Waals surface area contributed by atoms with Gasteiger partial charge in [-0.15, -0.1) is 0 Å². The second kappa shape index (κ2) is 10.2. The molecule has 0 spiro atoms. The van der Waals surface area contributed by atoms with Crippen molar-refractivity contribution in [2.24, 2.45) is 10.5 Å². The summed E-state index contributed by atoms with van der Waals surface area (Å²) in [5, 5.41) is 6.83. The molecule has 0 bridgehead atoms. The fourth-order valence-electron chi connectivity index (χ4n) is 2.14. The van der Waals surface area contributed by atoms with Gasteiger partial charge >= 0.3 is 0 Å². The fourth-order valence-corrected chi connectivity index (χ4v) is 2.14. The van der Waals surface area contributed by atoms with E-state index in [1.165, 1.54) is 0 Å². The van der Waals surface area contributed by atoms with Crippen molar-refractivity contribution in [3.05, 3.63) is 89.6 Å². The van der Waals surface area contributed by atoms with Gasteiger partial charge in [0.05, 0.1) is 0 Å². The predicted octanol–water partition coefficient (Wildman–Crippen LogP) is 4.55. The summed E-state index contributed by atoms with van der Waals surface area (Å²) in [6.07, 6.45) is 5.13. The summed E-state index contributed by atoms with van der Waals surface area (Å²) >= 11 is 0. The summed E-state index contributed by atoms with van der Waals surface area (Å²) in [7, 11) is 0. The number of hydrazone groups is 1. The number of benzene rings is 2. The van der Waals surface area contributed by atoms with Crippen molar-refractivity contribution in [3.63, 3.8) is 0 Å². The molecule has 2 aromatic rings. The molecule has 2 aromatic carbocycles. The molecule has 0 saturated heterocycles. The van der Waals surface area contributed by atoms with E-state index >= 15 is 0 Å². The average molecular weight is 389 g/mol. The van der Waals surface area contributed by atoms with Gasteiger partial charge in [0.15, 0.2) is 0 Å². The van der Waals surface area contributed by atoms with Gasteiger partial charge in [-0.3, -0.25) is 9.59 Å². The van der Waals surface area contributed by atoms with E-state index in [4.69, 9.17) is 0 Å². The number of carbonyl (C=O) groups is 2. The topological polar surface area (TPSA) is 70.6 Å². The molecule has 0 aromatic heterocycles. The van der Waals surface area contributed by atoms with Crippen LogP contribution in [-0.2, 0) is 4.79 Å². The molecule has 5 nitrogen and oxygen atoms in total. The molecule has 0 atom stereocenters. The van der Waals surface area contributed by atoms with Crippen LogP contribution in [-0.4, -0.2) is 17.5 Å². The first kappa shape index (κ1) is 21.8. The first-order valence-electron chi connectivity index (χ1n) is 9.42. The van der Waals surface area contributed by atoms with Crippen LogP contribution in [0.3, 0.4) is 0 Å². The Labute approximate surface area is 172 Å². The highest BCUT2D eigenvalue weighted by Gasteiger charge is 2.17. The van der Waals surface area contributed by atoms with Crippen LogP contribution < -0.4 is 10.7 Å². The maximum Gasteiger partial charge on any atom is 0.287 e. The minimum absolute atomic E-state index is 0.108. The monoisotopic (exact) mass is 389 g/mol. The van der Waals surface area contributed by atoms with Crippen molar-refractivity contribution in [2.75, 3.05) is 0 Å². The molecule has 0 aliphatic carbocycles. The molecule has 5 heteroatoms. The number of hydrogen-bond donors (Lipinski definition) is 2. The Balaban J connectivity index is 2.22. The molecule has 0 heterocycles. The lowest BCUT2D eigenvalue weighted by molar-refractivity contribution is -0.117. The minimum Gasteiger partial charge on any atom is -0.317 e. The average Bonchev–Trinajstić information content (AvgIpc) is 2.71. The molecule has 29 heavy (non-hydrogen) atoms. The SMILES string of the molecule is C/C(=N\NC(=O)/C(=C/C=C/c1ccccc1)NC(=O)c1ccccc1)C(C)(C)C.